The second-order valence-electron chi connectivity index (χ2n) is 4.38. The van der Waals surface area contributed by atoms with E-state index >= 15 is 0 Å². The maximum Gasteiger partial charge on any atom is 0.0806 e. The van der Waals surface area contributed by atoms with Crippen molar-refractivity contribution in [2.75, 3.05) is 26.2 Å². The van der Waals surface area contributed by atoms with Crippen LogP contribution < -0.4 is 5.90 Å². The highest BCUT2D eigenvalue weighted by atomic mass is 16.6. The van der Waals surface area contributed by atoms with Gasteiger partial charge < -0.3 is 9.74 Å². The summed E-state index contributed by atoms with van der Waals surface area (Å²) in [5.74, 6) is 4.97. The SMILES string of the molecule is CC1(C)CCN(CCON)CC1. The lowest BCUT2D eigenvalue weighted by Gasteiger charge is -2.36. The molecule has 1 rings (SSSR count). The second-order valence-corrected chi connectivity index (χ2v) is 4.38. The van der Waals surface area contributed by atoms with E-state index in [1.807, 2.05) is 0 Å². The highest BCUT2D eigenvalue weighted by Crippen LogP contribution is 2.29. The highest BCUT2D eigenvalue weighted by Gasteiger charge is 2.24. The predicted molar refractivity (Wildman–Crippen MR) is 49.6 cm³/mol. The monoisotopic (exact) mass is 172 g/mol. The van der Waals surface area contributed by atoms with Crippen LogP contribution in [0.1, 0.15) is 26.7 Å². The Hall–Kier alpha value is -0.120. The van der Waals surface area contributed by atoms with Crippen LogP contribution in [0, 0.1) is 5.41 Å². The van der Waals surface area contributed by atoms with Crippen LogP contribution in [0.15, 0.2) is 0 Å². The third-order valence-electron chi connectivity index (χ3n) is 2.73. The molecule has 2 N–H and O–H groups in total. The number of likely N-dealkylation sites (tertiary alicyclic amines) is 1. The van der Waals surface area contributed by atoms with Crippen LogP contribution in [0.3, 0.4) is 0 Å². The Labute approximate surface area is 74.8 Å². The molecule has 1 fully saturated rings. The number of rotatable bonds is 3. The van der Waals surface area contributed by atoms with Crippen molar-refractivity contribution >= 4 is 0 Å². The molecule has 3 nitrogen and oxygen atoms in total. The van der Waals surface area contributed by atoms with Crippen LogP contribution in [0.4, 0.5) is 0 Å². The van der Waals surface area contributed by atoms with Gasteiger partial charge in [0, 0.05) is 6.54 Å². The molecule has 1 saturated heterocycles. The van der Waals surface area contributed by atoms with Crippen molar-refractivity contribution in [3.05, 3.63) is 0 Å². The first kappa shape index (κ1) is 9.96. The summed E-state index contributed by atoms with van der Waals surface area (Å²) < 4.78 is 0. The van der Waals surface area contributed by atoms with Gasteiger partial charge in [-0.15, -0.1) is 0 Å². The summed E-state index contributed by atoms with van der Waals surface area (Å²) >= 11 is 0. The van der Waals surface area contributed by atoms with Crippen molar-refractivity contribution in [2.24, 2.45) is 11.3 Å². The molecule has 1 aliphatic rings. The molecule has 0 unspecified atom stereocenters. The Morgan fingerprint density at radius 1 is 1.33 bits per heavy atom. The largest absolute Gasteiger partial charge is 0.303 e. The standard InChI is InChI=1S/C9H20N2O/c1-9(2)3-5-11(6-4-9)7-8-12-10/h3-8,10H2,1-2H3. The van der Waals surface area contributed by atoms with Gasteiger partial charge in [-0.25, -0.2) is 5.90 Å². The summed E-state index contributed by atoms with van der Waals surface area (Å²) in [7, 11) is 0. The normalized spacial score (nSPS) is 24.2. The van der Waals surface area contributed by atoms with Crippen molar-refractivity contribution in [3.8, 4) is 0 Å². The van der Waals surface area contributed by atoms with Gasteiger partial charge in [-0.1, -0.05) is 13.8 Å². The molecule has 0 amide bonds. The molecule has 0 atom stereocenters. The molecular weight excluding hydrogens is 152 g/mol. The molecule has 0 bridgehead atoms. The number of piperidine rings is 1. The van der Waals surface area contributed by atoms with Gasteiger partial charge in [-0.3, -0.25) is 0 Å². The van der Waals surface area contributed by atoms with Crippen molar-refractivity contribution in [3.63, 3.8) is 0 Å². The van der Waals surface area contributed by atoms with E-state index in [0.29, 0.717) is 12.0 Å². The number of hydrogen-bond donors (Lipinski definition) is 1. The van der Waals surface area contributed by atoms with E-state index in [9.17, 15) is 0 Å². The van der Waals surface area contributed by atoms with Gasteiger partial charge in [0.1, 0.15) is 0 Å². The van der Waals surface area contributed by atoms with Crippen LogP contribution in [0.2, 0.25) is 0 Å². The molecule has 0 aromatic heterocycles. The highest BCUT2D eigenvalue weighted by molar-refractivity contribution is 4.78. The summed E-state index contributed by atoms with van der Waals surface area (Å²) in [4.78, 5) is 6.97. The Morgan fingerprint density at radius 3 is 2.42 bits per heavy atom. The molecule has 12 heavy (non-hydrogen) atoms. The van der Waals surface area contributed by atoms with Gasteiger partial charge in [0.05, 0.1) is 6.61 Å². The van der Waals surface area contributed by atoms with Gasteiger partial charge in [0.2, 0.25) is 0 Å². The van der Waals surface area contributed by atoms with E-state index in [-0.39, 0.29) is 0 Å². The fraction of sp³-hybridized carbons (Fsp3) is 1.00. The molecule has 1 aliphatic heterocycles. The molecule has 0 aromatic rings. The van der Waals surface area contributed by atoms with Crippen LogP contribution in [-0.2, 0) is 4.84 Å². The third kappa shape index (κ3) is 3.09. The Kier molecular flexibility index (Phi) is 3.50. The van der Waals surface area contributed by atoms with Gasteiger partial charge in [-0.2, -0.15) is 0 Å². The fourth-order valence-corrected chi connectivity index (χ4v) is 1.56. The van der Waals surface area contributed by atoms with Gasteiger partial charge in [0.15, 0.2) is 0 Å². The summed E-state index contributed by atoms with van der Waals surface area (Å²) in [5, 5.41) is 0. The van der Waals surface area contributed by atoms with E-state index in [4.69, 9.17) is 5.90 Å². The Bertz CT molecular complexity index is 126. The van der Waals surface area contributed by atoms with E-state index in [1.54, 1.807) is 0 Å². The molecule has 0 spiro atoms. The molecular formula is C9H20N2O. The summed E-state index contributed by atoms with van der Waals surface area (Å²) in [6.07, 6.45) is 2.58. The summed E-state index contributed by atoms with van der Waals surface area (Å²) in [6.45, 7) is 8.69. The summed E-state index contributed by atoms with van der Waals surface area (Å²) in [6, 6.07) is 0. The lowest BCUT2D eigenvalue weighted by atomic mass is 9.83. The minimum absolute atomic E-state index is 0.542. The average Bonchev–Trinajstić information content (AvgIpc) is 2.03. The lowest BCUT2D eigenvalue weighted by Crippen LogP contribution is -2.39. The topological polar surface area (TPSA) is 38.5 Å². The Morgan fingerprint density at radius 2 is 1.92 bits per heavy atom. The molecule has 3 heteroatoms. The molecule has 0 aromatic carbocycles. The smallest absolute Gasteiger partial charge is 0.0806 e. The maximum absolute atomic E-state index is 4.97. The molecule has 0 radical (unpaired) electrons. The quantitative estimate of drug-likeness (QED) is 0.645. The second kappa shape index (κ2) is 4.21. The first-order valence-electron chi connectivity index (χ1n) is 4.68. The van der Waals surface area contributed by atoms with E-state index < -0.39 is 0 Å². The van der Waals surface area contributed by atoms with Gasteiger partial charge in [0.25, 0.3) is 0 Å². The lowest BCUT2D eigenvalue weighted by molar-refractivity contribution is 0.0744. The fourth-order valence-electron chi connectivity index (χ4n) is 1.56. The number of nitrogens with two attached hydrogens (primary N) is 1. The van der Waals surface area contributed by atoms with Crippen LogP contribution >= 0.6 is 0 Å². The first-order chi connectivity index (χ1) is 5.64. The zero-order valence-corrected chi connectivity index (χ0v) is 8.18. The zero-order chi connectivity index (χ0) is 9.03. The Balaban J connectivity index is 2.18. The van der Waals surface area contributed by atoms with Crippen LogP contribution in [0.5, 0.6) is 0 Å². The van der Waals surface area contributed by atoms with Crippen molar-refractivity contribution in [1.82, 2.24) is 4.90 Å². The minimum atomic E-state index is 0.542. The van der Waals surface area contributed by atoms with Crippen LogP contribution in [-0.4, -0.2) is 31.1 Å². The molecule has 1 heterocycles. The molecule has 72 valence electrons. The zero-order valence-electron chi connectivity index (χ0n) is 8.18. The van der Waals surface area contributed by atoms with Crippen molar-refractivity contribution < 1.29 is 4.84 Å². The van der Waals surface area contributed by atoms with Gasteiger partial charge >= 0.3 is 0 Å². The minimum Gasteiger partial charge on any atom is -0.303 e. The first-order valence-corrected chi connectivity index (χ1v) is 4.68. The van der Waals surface area contributed by atoms with E-state index in [2.05, 4.69) is 23.6 Å². The van der Waals surface area contributed by atoms with E-state index in [0.717, 1.165) is 6.54 Å². The van der Waals surface area contributed by atoms with Gasteiger partial charge in [-0.05, 0) is 31.3 Å². The molecule has 0 saturated carbocycles. The number of nitrogens with zero attached hydrogens (tertiary/aromatic N) is 1. The number of hydrogen-bond acceptors (Lipinski definition) is 3. The van der Waals surface area contributed by atoms with Crippen molar-refractivity contribution in [1.29, 1.82) is 0 Å². The third-order valence-corrected chi connectivity index (χ3v) is 2.73. The van der Waals surface area contributed by atoms with E-state index in [1.165, 1.54) is 25.9 Å². The maximum atomic E-state index is 4.97. The van der Waals surface area contributed by atoms with Crippen LogP contribution in [0.25, 0.3) is 0 Å². The van der Waals surface area contributed by atoms with Crippen molar-refractivity contribution in [2.45, 2.75) is 26.7 Å². The molecule has 0 aliphatic carbocycles. The predicted octanol–water partition coefficient (Wildman–Crippen LogP) is 0.999. The summed E-state index contributed by atoms with van der Waals surface area (Å²) in [5.41, 5.74) is 0.542. The average molecular weight is 172 g/mol.